The maximum atomic E-state index is 16.5. The SMILES string of the molecule is CC(=O)O[C@H]1C(=O)[C@]2(C)[C@@H](C)CC3CC[C@@]3(O)[C@H]2[C@H](OC(=O)c2ccccc2)[C@]2(O)C[C@H](OC(=O)[C@H](C)[C@@H](NC(=O)c3ccccc3)c3ccccc3)C(C)=C1C2(C)C.CC(=O)O[C@H]1C(=O)[C@]2(C)[C@@H](OC(=O)OCc3ccccc3)CC3CC[C@@]3(OC(C)=O)[C@H]2[C@H](OC(=O)c2ccccc2)[C@]2(O)C[C@H](OC(=O)[C@H](O[Si](C)(C)C(C)(C)C)[C@@H](NC(=O)c3ccccc3)c3ccccc3)C(C)=C1C2(C)C. The third kappa shape index (κ3) is 18.8. The first-order chi connectivity index (χ1) is 65.0. The second kappa shape index (κ2) is 39.3. The summed E-state index contributed by atoms with van der Waals surface area (Å²) in [6.07, 6.45) is -12.2. The molecule has 0 aliphatic heterocycles. The maximum absolute atomic E-state index is 16.5. The topological polar surface area (TPSA) is 382 Å². The molecule has 0 saturated heterocycles. The number of carbonyl (C=O) groups is 12. The van der Waals surface area contributed by atoms with Crippen molar-refractivity contribution in [2.45, 2.75) is 270 Å². The molecule has 6 fully saturated rings. The van der Waals surface area contributed by atoms with Crippen molar-refractivity contribution >= 4 is 79.6 Å². The molecule has 0 radical (unpaired) electrons. The van der Waals surface area contributed by atoms with E-state index in [-0.39, 0.29) is 65.6 Å². The van der Waals surface area contributed by atoms with Crippen LogP contribution in [0.15, 0.2) is 235 Å². The van der Waals surface area contributed by atoms with Crippen LogP contribution in [0.25, 0.3) is 0 Å². The smallest absolute Gasteiger partial charge is 0.458 e. The van der Waals surface area contributed by atoms with Gasteiger partial charge in [0.15, 0.2) is 38.2 Å². The molecule has 732 valence electrons. The van der Waals surface area contributed by atoms with Crippen LogP contribution in [0.2, 0.25) is 18.1 Å². The Balaban J connectivity index is 0.000000230. The molecule has 2 unspecified atom stereocenters. The van der Waals surface area contributed by atoms with Crippen LogP contribution in [0.3, 0.4) is 0 Å². The minimum absolute atomic E-state index is 0.0289. The molecular weight excluding hydrogens is 1780 g/mol. The molecule has 0 aromatic heterocycles. The summed E-state index contributed by atoms with van der Waals surface area (Å²) in [5, 5.41) is 46.4. The van der Waals surface area contributed by atoms with Crippen LogP contribution >= 0.6 is 0 Å². The molecule has 138 heavy (non-hydrogen) atoms. The maximum Gasteiger partial charge on any atom is 0.508 e. The minimum atomic E-state index is -2.97. The Hall–Kier alpha value is -12.1. The van der Waals surface area contributed by atoms with Gasteiger partial charge in [0.05, 0.1) is 46.1 Å². The number of hydrogen-bond acceptors (Lipinski definition) is 25. The fraction of sp³-hybridized carbons (Fsp3) is 0.473. The van der Waals surface area contributed by atoms with Crippen molar-refractivity contribution < 1.29 is 120 Å². The van der Waals surface area contributed by atoms with Crippen molar-refractivity contribution in [3.8, 4) is 0 Å². The Morgan fingerprint density at radius 3 is 1.28 bits per heavy atom. The van der Waals surface area contributed by atoms with Gasteiger partial charge in [-0.3, -0.25) is 38.4 Å². The van der Waals surface area contributed by atoms with Gasteiger partial charge < -0.3 is 73.0 Å². The van der Waals surface area contributed by atoms with Crippen molar-refractivity contribution in [1.82, 2.24) is 10.6 Å². The lowest BCUT2D eigenvalue weighted by Crippen LogP contribution is -2.79. The van der Waals surface area contributed by atoms with Crippen molar-refractivity contribution in [1.29, 1.82) is 0 Å². The summed E-state index contributed by atoms with van der Waals surface area (Å²) in [5.41, 5.74) is -10.6. The number of hydrogen-bond donors (Lipinski definition) is 5. The van der Waals surface area contributed by atoms with Crippen LogP contribution in [-0.4, -0.2) is 166 Å². The quantitative estimate of drug-likeness (QED) is 0.0162. The number of esters is 7. The number of fused-ring (bicyclic) bond motifs is 10. The Bertz CT molecular complexity index is 5830. The zero-order valence-electron chi connectivity index (χ0n) is 81.6. The van der Waals surface area contributed by atoms with Crippen LogP contribution in [0.1, 0.15) is 232 Å². The van der Waals surface area contributed by atoms with E-state index < -0.39 is 220 Å². The van der Waals surface area contributed by atoms with Crippen LogP contribution < -0.4 is 10.6 Å². The van der Waals surface area contributed by atoms with E-state index in [1.165, 1.54) is 32.9 Å². The monoisotopic (exact) mass is 1900 g/mol. The van der Waals surface area contributed by atoms with E-state index >= 15 is 14.4 Å². The van der Waals surface area contributed by atoms with Gasteiger partial charge in [0, 0.05) is 72.8 Å². The molecule has 8 aliphatic carbocycles. The average molecular weight is 1910 g/mol. The predicted octanol–water partition coefficient (Wildman–Crippen LogP) is 16.9. The van der Waals surface area contributed by atoms with Gasteiger partial charge >= 0.3 is 47.9 Å². The third-order valence-electron chi connectivity index (χ3n) is 32.2. The highest BCUT2D eigenvalue weighted by atomic mass is 28.4. The Morgan fingerprint density at radius 1 is 0.471 bits per heavy atom. The molecule has 5 N–H and O–H groups in total. The van der Waals surface area contributed by atoms with E-state index in [4.69, 9.17) is 47.1 Å². The lowest BCUT2D eigenvalue weighted by atomic mass is 9.39. The van der Waals surface area contributed by atoms with Crippen molar-refractivity contribution in [3.05, 3.63) is 274 Å². The Morgan fingerprint density at radius 2 is 0.870 bits per heavy atom. The van der Waals surface area contributed by atoms with E-state index in [2.05, 4.69) is 10.6 Å². The van der Waals surface area contributed by atoms with Crippen LogP contribution in [0.5, 0.6) is 0 Å². The van der Waals surface area contributed by atoms with Gasteiger partial charge in [0.2, 0.25) is 0 Å². The van der Waals surface area contributed by atoms with Gasteiger partial charge in [0.1, 0.15) is 53.9 Å². The number of Topliss-reactive ketones (excluding diaryl/α,β-unsaturated/α-hetero) is 2. The molecule has 7 aromatic carbocycles. The summed E-state index contributed by atoms with van der Waals surface area (Å²) in [5.74, 6) is -12.7. The van der Waals surface area contributed by atoms with Gasteiger partial charge in [-0.2, -0.15) is 0 Å². The van der Waals surface area contributed by atoms with Crippen LogP contribution in [0, 0.1) is 57.2 Å². The molecule has 15 rings (SSSR count). The normalized spacial score (nSPS) is 30.0. The van der Waals surface area contributed by atoms with Crippen molar-refractivity contribution in [3.63, 3.8) is 0 Å². The second-order valence-corrected chi connectivity index (χ2v) is 46.5. The van der Waals surface area contributed by atoms with Crippen molar-refractivity contribution in [2.75, 3.05) is 0 Å². The van der Waals surface area contributed by atoms with Crippen LogP contribution in [0.4, 0.5) is 4.79 Å². The molecule has 27 nitrogen and oxygen atoms in total. The summed E-state index contributed by atoms with van der Waals surface area (Å²) in [6.45, 7) is 30.1. The number of benzene rings is 7. The number of aliphatic hydroxyl groups is 3. The summed E-state index contributed by atoms with van der Waals surface area (Å²) in [4.78, 5) is 173. The van der Waals surface area contributed by atoms with Gasteiger partial charge in [-0.15, -0.1) is 0 Å². The predicted molar refractivity (Wildman–Crippen MR) is 510 cm³/mol. The second-order valence-electron chi connectivity index (χ2n) is 41.7. The number of amides is 2. The molecule has 8 aliphatic rings. The average Bonchev–Trinajstić information content (AvgIpc) is 0.660. The molecule has 6 saturated carbocycles. The zero-order chi connectivity index (χ0) is 100. The first-order valence-electron chi connectivity index (χ1n) is 47.5. The van der Waals surface area contributed by atoms with E-state index in [9.17, 15) is 58.5 Å². The van der Waals surface area contributed by atoms with E-state index in [1.807, 2.05) is 52.9 Å². The minimum Gasteiger partial charge on any atom is -0.458 e. The summed E-state index contributed by atoms with van der Waals surface area (Å²) in [6, 6.07) is 58.3. The van der Waals surface area contributed by atoms with Crippen LogP contribution in [-0.2, 0) is 87.2 Å². The molecular formula is C110H128N2O25Si. The van der Waals surface area contributed by atoms with Gasteiger partial charge in [-0.25, -0.2) is 19.2 Å². The lowest BCUT2D eigenvalue weighted by molar-refractivity contribution is -0.297. The molecule has 22 atom stereocenters. The highest BCUT2D eigenvalue weighted by Gasteiger charge is 2.80. The number of nitrogens with one attached hydrogen (secondary N) is 2. The van der Waals surface area contributed by atoms with Gasteiger partial charge in [-0.1, -0.05) is 226 Å². The largest absolute Gasteiger partial charge is 0.508 e. The molecule has 7 aromatic rings. The number of ether oxygens (including phenoxy) is 9. The molecule has 0 heterocycles. The van der Waals surface area contributed by atoms with Crippen molar-refractivity contribution in [2.24, 2.45) is 57.2 Å². The molecule has 28 heteroatoms. The summed E-state index contributed by atoms with van der Waals surface area (Å²) >= 11 is 0. The number of ketones is 2. The number of carbonyl (C=O) groups excluding carboxylic acids is 12. The highest BCUT2D eigenvalue weighted by molar-refractivity contribution is 6.74. The van der Waals surface area contributed by atoms with Gasteiger partial charge in [-0.05, 0) is 184 Å². The van der Waals surface area contributed by atoms with E-state index in [0.717, 1.165) is 6.92 Å². The highest BCUT2D eigenvalue weighted by Crippen LogP contribution is 2.71. The number of rotatable bonds is 24. The fourth-order valence-corrected chi connectivity index (χ4v) is 24.4. The lowest BCUT2D eigenvalue weighted by Gasteiger charge is -2.68. The fourth-order valence-electron chi connectivity index (χ4n) is 23.2. The first-order valence-corrected chi connectivity index (χ1v) is 50.4. The standard InChI is InChI=1S/C62H73NO15Si.C48H55NO10/c1-37-45(74-56(69)50(78-79(10,11)58(4,5)6)48(41-26-18-13-19-27-41)63-54(67)42-28-20-14-21-29-42)35-62(71)53(76-55(68)43-30-22-15-23-31-43)51-60(9,52(66)49(73-38(2)64)47(37)59(62,7)8)46(34-44-32-33-61(44,51)77-39(3)65)75-57(70)72-36-40-24-16-12-17-25-40;1-27-25-34-23-24-47(34,55)39-41(59-44(54)33-21-15-10-16-22-33)48(56)26-35(28(2)36(45(48,5)6)38(57-30(4)50)40(51)46(27,39)7)58-43(53)29(3)37(31-17-11-8-12-18-31)49-42(52)32-19-13-9-14-20-32/h12-31,44-46,48-51,53,71H,32-36H2,1-11H3,(H,63,67);8-22,27,29,34-35,37-39,41,55-56H,23-26H2,1-7H3,(H,49,52)/t44?,45-,46-,48-,49+,50+,51-,53-,60+,61-,62+;27-,29+,34?,35-,37+,38+,39-,41-,46+,47-,48+/m00/s1. The summed E-state index contributed by atoms with van der Waals surface area (Å²) < 4.78 is 63.8. The van der Waals surface area contributed by atoms with E-state index in [0.29, 0.717) is 59.1 Å². The molecule has 4 bridgehead atoms. The zero-order valence-corrected chi connectivity index (χ0v) is 82.6. The van der Waals surface area contributed by atoms with E-state index in [1.54, 1.807) is 243 Å². The Kier molecular flexibility index (Phi) is 29.0. The van der Waals surface area contributed by atoms with Gasteiger partial charge in [0.25, 0.3) is 11.8 Å². The molecule has 0 spiro atoms. The molecule has 2 amide bonds. The third-order valence-corrected chi connectivity index (χ3v) is 36.7. The Labute approximate surface area is 806 Å². The first kappa shape index (κ1) is 102. The summed E-state index contributed by atoms with van der Waals surface area (Å²) in [7, 11) is -2.97.